The molecule has 5 heteroatoms. The zero-order chi connectivity index (χ0) is 15.0. The first-order valence-electron chi connectivity index (χ1n) is 7.17. The molecule has 0 radical (unpaired) electrons. The third-order valence-electron chi connectivity index (χ3n) is 3.54. The van der Waals surface area contributed by atoms with E-state index in [9.17, 15) is 4.79 Å². The lowest BCUT2D eigenvalue weighted by molar-refractivity contribution is 0.0833. The van der Waals surface area contributed by atoms with Crippen LogP contribution in [-0.4, -0.2) is 38.5 Å². The highest BCUT2D eigenvalue weighted by atomic mass is 32.1. The number of anilines is 2. The maximum Gasteiger partial charge on any atom is 0.265 e. The molecule has 112 valence electrons. The van der Waals surface area contributed by atoms with Crippen molar-refractivity contribution in [2.45, 2.75) is 32.6 Å². The van der Waals surface area contributed by atoms with Crippen LogP contribution in [0.1, 0.15) is 47.8 Å². The highest BCUT2D eigenvalue weighted by Gasteiger charge is 2.34. The first-order chi connectivity index (χ1) is 9.32. The van der Waals surface area contributed by atoms with Gasteiger partial charge < -0.3 is 15.5 Å². The van der Waals surface area contributed by atoms with Crippen molar-refractivity contribution in [2.75, 3.05) is 38.3 Å². The zero-order valence-electron chi connectivity index (χ0n) is 13.1. The fraction of sp³-hybridized carbons (Fsp3) is 0.667. The van der Waals surface area contributed by atoms with E-state index in [-0.39, 0.29) is 5.91 Å². The summed E-state index contributed by atoms with van der Waals surface area (Å²) in [6.07, 6.45) is 2.39. The van der Waals surface area contributed by atoms with Gasteiger partial charge in [-0.15, -0.1) is 11.3 Å². The molecule has 0 bridgehead atoms. The highest BCUT2D eigenvalue weighted by Crippen LogP contribution is 2.52. The molecule has 2 N–H and O–H groups in total. The van der Waals surface area contributed by atoms with Gasteiger partial charge in [0.2, 0.25) is 0 Å². The second kappa shape index (κ2) is 5.64. The van der Waals surface area contributed by atoms with Gasteiger partial charge in [0.15, 0.2) is 0 Å². The minimum absolute atomic E-state index is 0.0126. The van der Waals surface area contributed by atoms with Crippen LogP contribution in [0.25, 0.3) is 0 Å². The first-order valence-corrected chi connectivity index (χ1v) is 7.99. The van der Waals surface area contributed by atoms with Crippen LogP contribution in [0.15, 0.2) is 0 Å². The van der Waals surface area contributed by atoms with Gasteiger partial charge in [0.25, 0.3) is 5.91 Å². The fourth-order valence-corrected chi connectivity index (χ4v) is 3.79. The van der Waals surface area contributed by atoms with Crippen molar-refractivity contribution >= 4 is 27.9 Å². The molecule has 0 atom stereocenters. The maximum atomic E-state index is 12.3. The van der Waals surface area contributed by atoms with Crippen molar-refractivity contribution < 1.29 is 4.79 Å². The molecule has 2 rings (SSSR count). The number of nitrogen functional groups attached to an aromatic ring is 1. The van der Waals surface area contributed by atoms with Gasteiger partial charge in [0.1, 0.15) is 4.88 Å². The number of nitrogens with zero attached hydrogens (tertiary/aromatic N) is 2. The average molecular weight is 295 g/mol. The highest BCUT2D eigenvalue weighted by molar-refractivity contribution is 7.18. The van der Waals surface area contributed by atoms with E-state index in [2.05, 4.69) is 25.8 Å². The Labute approximate surface area is 125 Å². The fourth-order valence-electron chi connectivity index (χ4n) is 2.49. The van der Waals surface area contributed by atoms with Gasteiger partial charge in [0, 0.05) is 33.3 Å². The monoisotopic (exact) mass is 295 g/mol. The number of nitrogens with two attached hydrogens (primary N) is 1. The topological polar surface area (TPSA) is 49.6 Å². The Morgan fingerprint density at radius 3 is 2.40 bits per heavy atom. The average Bonchev–Trinajstić information content (AvgIpc) is 3.11. The van der Waals surface area contributed by atoms with Gasteiger partial charge >= 0.3 is 0 Å². The molecule has 0 saturated heterocycles. The van der Waals surface area contributed by atoms with Crippen LogP contribution < -0.4 is 10.6 Å². The molecule has 1 aliphatic carbocycles. The van der Waals surface area contributed by atoms with Crippen LogP contribution >= 0.6 is 11.3 Å². The van der Waals surface area contributed by atoms with Crippen LogP contribution in [0, 0.1) is 5.92 Å². The van der Waals surface area contributed by atoms with Crippen molar-refractivity contribution in [3.63, 3.8) is 0 Å². The van der Waals surface area contributed by atoms with Crippen LogP contribution in [0.2, 0.25) is 0 Å². The second-order valence-electron chi connectivity index (χ2n) is 6.31. The van der Waals surface area contributed by atoms with Crippen LogP contribution in [-0.2, 0) is 0 Å². The standard InChI is InChI=1S/C15H25N3OS/c1-9(2)8-18(5)15-11(10-6-7-10)12(16)13(20-15)14(19)17(3)4/h9-10H,6-8,16H2,1-5H3. The van der Waals surface area contributed by atoms with Gasteiger partial charge in [0.05, 0.1) is 10.7 Å². The van der Waals surface area contributed by atoms with E-state index in [0.717, 1.165) is 6.54 Å². The number of hydrogen-bond donors (Lipinski definition) is 1. The predicted octanol–water partition coefficient (Wildman–Crippen LogP) is 3.00. The lowest BCUT2D eigenvalue weighted by Crippen LogP contribution is -2.22. The molecule has 1 heterocycles. The molecule has 1 aromatic rings. The van der Waals surface area contributed by atoms with Gasteiger partial charge in [-0.1, -0.05) is 13.8 Å². The predicted molar refractivity (Wildman–Crippen MR) is 86.8 cm³/mol. The summed E-state index contributed by atoms with van der Waals surface area (Å²) in [6, 6.07) is 0. The van der Waals surface area contributed by atoms with E-state index < -0.39 is 0 Å². The van der Waals surface area contributed by atoms with Gasteiger partial charge in [-0.2, -0.15) is 0 Å². The third kappa shape index (κ3) is 2.92. The van der Waals surface area contributed by atoms with E-state index in [1.165, 1.54) is 23.4 Å². The Bertz CT molecular complexity index is 503. The lowest BCUT2D eigenvalue weighted by atomic mass is 10.1. The molecule has 0 spiro atoms. The summed E-state index contributed by atoms with van der Waals surface area (Å²) in [6.45, 7) is 5.39. The van der Waals surface area contributed by atoms with E-state index >= 15 is 0 Å². The van der Waals surface area contributed by atoms with Crippen molar-refractivity contribution in [2.24, 2.45) is 5.92 Å². The third-order valence-corrected chi connectivity index (χ3v) is 4.86. The molecule has 4 nitrogen and oxygen atoms in total. The van der Waals surface area contributed by atoms with Crippen molar-refractivity contribution in [3.05, 3.63) is 10.4 Å². The number of carbonyl (C=O) groups is 1. The van der Waals surface area contributed by atoms with Crippen molar-refractivity contribution in [1.29, 1.82) is 0 Å². The first kappa shape index (κ1) is 15.2. The Balaban J connectivity index is 2.40. The molecule has 1 fully saturated rings. The Hall–Kier alpha value is -1.23. The summed E-state index contributed by atoms with van der Waals surface area (Å²) in [5.74, 6) is 1.15. The Morgan fingerprint density at radius 1 is 1.35 bits per heavy atom. The normalized spacial score (nSPS) is 14.7. The van der Waals surface area contributed by atoms with E-state index in [4.69, 9.17) is 5.73 Å². The van der Waals surface area contributed by atoms with Crippen LogP contribution in [0.3, 0.4) is 0 Å². The maximum absolute atomic E-state index is 12.3. The number of rotatable bonds is 5. The number of amides is 1. The molecular formula is C15H25N3OS. The van der Waals surface area contributed by atoms with E-state index in [0.29, 0.717) is 22.4 Å². The quantitative estimate of drug-likeness (QED) is 0.908. The van der Waals surface area contributed by atoms with Gasteiger partial charge in [-0.05, 0) is 24.7 Å². The smallest absolute Gasteiger partial charge is 0.265 e. The van der Waals surface area contributed by atoms with E-state index in [1.54, 1.807) is 30.3 Å². The molecule has 0 aliphatic heterocycles. The molecule has 1 aliphatic rings. The summed E-state index contributed by atoms with van der Waals surface area (Å²) in [7, 11) is 5.65. The largest absolute Gasteiger partial charge is 0.397 e. The van der Waals surface area contributed by atoms with Crippen molar-refractivity contribution in [1.82, 2.24) is 4.90 Å². The summed E-state index contributed by atoms with van der Waals surface area (Å²) >= 11 is 1.55. The second-order valence-corrected chi connectivity index (χ2v) is 7.31. The zero-order valence-corrected chi connectivity index (χ0v) is 13.9. The Morgan fingerprint density at radius 2 is 1.95 bits per heavy atom. The minimum atomic E-state index is 0.0126. The van der Waals surface area contributed by atoms with E-state index in [1.807, 2.05) is 0 Å². The number of carbonyl (C=O) groups excluding carboxylic acids is 1. The SMILES string of the molecule is CC(C)CN(C)c1sc(C(=O)N(C)C)c(N)c1C1CC1. The van der Waals surface area contributed by atoms with Crippen LogP contribution in [0.5, 0.6) is 0 Å². The molecular weight excluding hydrogens is 270 g/mol. The molecule has 0 aromatic carbocycles. The number of hydrogen-bond acceptors (Lipinski definition) is 4. The summed E-state index contributed by atoms with van der Waals surface area (Å²) in [4.78, 5) is 16.8. The molecule has 20 heavy (non-hydrogen) atoms. The molecule has 1 saturated carbocycles. The lowest BCUT2D eigenvalue weighted by Gasteiger charge is -2.21. The number of thiophene rings is 1. The van der Waals surface area contributed by atoms with Crippen LogP contribution in [0.4, 0.5) is 10.7 Å². The summed E-state index contributed by atoms with van der Waals surface area (Å²) < 4.78 is 0. The van der Waals surface area contributed by atoms with Crippen molar-refractivity contribution in [3.8, 4) is 0 Å². The molecule has 1 aromatic heterocycles. The minimum Gasteiger partial charge on any atom is -0.397 e. The van der Waals surface area contributed by atoms with Gasteiger partial charge in [-0.25, -0.2) is 0 Å². The molecule has 0 unspecified atom stereocenters. The Kier molecular flexibility index (Phi) is 4.28. The summed E-state index contributed by atoms with van der Waals surface area (Å²) in [5, 5.41) is 1.18. The van der Waals surface area contributed by atoms with Gasteiger partial charge in [-0.3, -0.25) is 4.79 Å². The summed E-state index contributed by atoms with van der Waals surface area (Å²) in [5.41, 5.74) is 8.21. The molecule has 1 amide bonds.